The fourth-order valence-corrected chi connectivity index (χ4v) is 1.18. The Bertz CT molecular complexity index is 374. The second-order valence-electron chi connectivity index (χ2n) is 3.85. The van der Waals surface area contributed by atoms with Crippen LogP contribution < -0.4 is 5.32 Å². The first-order valence-corrected chi connectivity index (χ1v) is 4.55. The molecule has 0 saturated carbocycles. The number of urea groups is 1. The number of ether oxygens (including phenoxy) is 1. The predicted molar refractivity (Wildman–Crippen MR) is 51.0 cm³/mol. The topological polar surface area (TPSA) is 92.8 Å². The number of amides is 4. The largest absolute Gasteiger partial charge is 0.468 e. The molecule has 0 aromatic carbocycles. The van der Waals surface area contributed by atoms with Gasteiger partial charge in [-0.25, -0.2) is 4.79 Å². The summed E-state index contributed by atoms with van der Waals surface area (Å²) >= 11 is 0. The fraction of sp³-hybridized carbons (Fsp3) is 0.556. The average Bonchev–Trinajstić information content (AvgIpc) is 2.22. The van der Waals surface area contributed by atoms with Crippen molar-refractivity contribution < 1.29 is 23.9 Å². The van der Waals surface area contributed by atoms with Crippen molar-refractivity contribution >= 4 is 23.8 Å². The Morgan fingerprint density at radius 1 is 1.38 bits per heavy atom. The first kappa shape index (κ1) is 12.2. The molecule has 1 N–H and O–H groups in total. The number of carbonyl (C=O) groups is 4. The molecule has 7 nitrogen and oxygen atoms in total. The molecule has 88 valence electrons. The van der Waals surface area contributed by atoms with E-state index < -0.39 is 35.8 Å². The lowest BCUT2D eigenvalue weighted by atomic mass is 9.89. The van der Waals surface area contributed by atoms with Crippen molar-refractivity contribution in [2.24, 2.45) is 5.41 Å². The molecule has 0 aliphatic carbocycles. The van der Waals surface area contributed by atoms with Gasteiger partial charge in [0, 0.05) is 0 Å². The zero-order valence-corrected chi connectivity index (χ0v) is 9.20. The zero-order chi connectivity index (χ0) is 12.5. The Kier molecular flexibility index (Phi) is 2.97. The third-order valence-electron chi connectivity index (χ3n) is 2.33. The van der Waals surface area contributed by atoms with Gasteiger partial charge in [0.15, 0.2) is 0 Å². The van der Waals surface area contributed by atoms with E-state index in [1.807, 2.05) is 5.32 Å². The number of rotatable bonds is 2. The van der Waals surface area contributed by atoms with Crippen molar-refractivity contribution in [3.05, 3.63) is 0 Å². The summed E-state index contributed by atoms with van der Waals surface area (Å²) in [5.74, 6) is -2.12. The van der Waals surface area contributed by atoms with Gasteiger partial charge in [-0.3, -0.25) is 24.6 Å². The molecule has 1 fully saturated rings. The quantitative estimate of drug-likeness (QED) is 0.496. The first-order chi connectivity index (χ1) is 7.30. The van der Waals surface area contributed by atoms with Crippen LogP contribution in [0.5, 0.6) is 0 Å². The van der Waals surface area contributed by atoms with Crippen molar-refractivity contribution in [1.82, 2.24) is 10.2 Å². The van der Waals surface area contributed by atoms with Gasteiger partial charge in [-0.15, -0.1) is 0 Å². The van der Waals surface area contributed by atoms with Crippen LogP contribution in [0.3, 0.4) is 0 Å². The highest BCUT2D eigenvalue weighted by Gasteiger charge is 2.47. The Labute approximate surface area is 91.7 Å². The van der Waals surface area contributed by atoms with Crippen molar-refractivity contribution in [2.75, 3.05) is 13.7 Å². The van der Waals surface area contributed by atoms with Gasteiger partial charge in [0.2, 0.25) is 11.8 Å². The number of esters is 1. The molecular formula is C9H12N2O5. The van der Waals surface area contributed by atoms with Crippen molar-refractivity contribution in [3.63, 3.8) is 0 Å². The van der Waals surface area contributed by atoms with Crippen LogP contribution in [0.25, 0.3) is 0 Å². The van der Waals surface area contributed by atoms with Crippen LogP contribution in [0.4, 0.5) is 4.79 Å². The van der Waals surface area contributed by atoms with Crippen LogP contribution in [0.15, 0.2) is 0 Å². The molecule has 0 aromatic rings. The average molecular weight is 228 g/mol. The summed E-state index contributed by atoms with van der Waals surface area (Å²) in [7, 11) is 1.14. The van der Waals surface area contributed by atoms with Crippen molar-refractivity contribution in [1.29, 1.82) is 0 Å². The SMILES string of the molecule is COC(=O)CN1C(=O)NC(=O)C(C)(C)C1=O. The lowest BCUT2D eigenvalue weighted by molar-refractivity contribution is -0.154. The van der Waals surface area contributed by atoms with Gasteiger partial charge >= 0.3 is 12.0 Å². The molecule has 16 heavy (non-hydrogen) atoms. The number of imide groups is 2. The number of nitrogens with one attached hydrogen (secondary N) is 1. The van der Waals surface area contributed by atoms with Crippen LogP contribution in [0.1, 0.15) is 13.8 Å². The van der Waals surface area contributed by atoms with Gasteiger partial charge in [-0.1, -0.05) is 0 Å². The number of nitrogens with zero attached hydrogens (tertiary/aromatic N) is 1. The standard InChI is InChI=1S/C9H12N2O5/c1-9(2)6(13)10-8(15)11(7(9)14)4-5(12)16-3/h4H2,1-3H3,(H,10,13,15). The minimum Gasteiger partial charge on any atom is -0.468 e. The zero-order valence-electron chi connectivity index (χ0n) is 9.20. The second kappa shape index (κ2) is 3.92. The summed E-state index contributed by atoms with van der Waals surface area (Å²) < 4.78 is 4.35. The highest BCUT2D eigenvalue weighted by atomic mass is 16.5. The first-order valence-electron chi connectivity index (χ1n) is 4.55. The molecule has 1 heterocycles. The van der Waals surface area contributed by atoms with Gasteiger partial charge in [0.05, 0.1) is 7.11 Å². The number of carbonyl (C=O) groups excluding carboxylic acids is 4. The van der Waals surface area contributed by atoms with E-state index in [1.54, 1.807) is 0 Å². The number of hydrogen-bond acceptors (Lipinski definition) is 5. The van der Waals surface area contributed by atoms with Gasteiger partial charge in [0.25, 0.3) is 0 Å². The van der Waals surface area contributed by atoms with Crippen LogP contribution >= 0.6 is 0 Å². The van der Waals surface area contributed by atoms with Crippen molar-refractivity contribution in [3.8, 4) is 0 Å². The van der Waals surface area contributed by atoms with E-state index in [1.165, 1.54) is 13.8 Å². The Morgan fingerprint density at radius 2 is 1.94 bits per heavy atom. The van der Waals surface area contributed by atoms with E-state index in [4.69, 9.17) is 0 Å². The number of methoxy groups -OCH3 is 1. The summed E-state index contributed by atoms with van der Waals surface area (Å²) in [6.45, 7) is 2.25. The minimum absolute atomic E-state index is 0.502. The molecule has 0 radical (unpaired) electrons. The maximum atomic E-state index is 11.8. The molecule has 0 aromatic heterocycles. The molecule has 1 rings (SSSR count). The van der Waals surface area contributed by atoms with E-state index >= 15 is 0 Å². The Balaban J connectivity index is 2.93. The molecule has 0 spiro atoms. The lowest BCUT2D eigenvalue weighted by Gasteiger charge is -2.33. The van der Waals surface area contributed by atoms with Gasteiger partial charge < -0.3 is 4.74 Å². The van der Waals surface area contributed by atoms with E-state index in [0.717, 1.165) is 7.11 Å². The second-order valence-corrected chi connectivity index (χ2v) is 3.85. The molecule has 1 saturated heterocycles. The molecule has 4 amide bonds. The highest BCUT2D eigenvalue weighted by Crippen LogP contribution is 2.23. The minimum atomic E-state index is -1.36. The molecule has 0 unspecified atom stereocenters. The molecule has 1 aliphatic rings. The third kappa shape index (κ3) is 1.88. The summed E-state index contributed by atoms with van der Waals surface area (Å²) in [4.78, 5) is 46.1. The normalized spacial score (nSPS) is 19.4. The smallest absolute Gasteiger partial charge is 0.331 e. The summed E-state index contributed by atoms with van der Waals surface area (Å²) in [5.41, 5.74) is -1.36. The lowest BCUT2D eigenvalue weighted by Crippen LogP contribution is -2.62. The fourth-order valence-electron chi connectivity index (χ4n) is 1.18. The maximum absolute atomic E-state index is 11.8. The number of barbiturate groups is 1. The number of hydrogen-bond donors (Lipinski definition) is 1. The highest BCUT2D eigenvalue weighted by molar-refractivity contribution is 6.19. The Hall–Kier alpha value is -1.92. The predicted octanol–water partition coefficient (Wildman–Crippen LogP) is -0.736. The Morgan fingerprint density at radius 3 is 2.44 bits per heavy atom. The molecule has 1 aliphatic heterocycles. The summed E-state index contributed by atoms with van der Waals surface area (Å²) in [5, 5.41) is 2.00. The van der Waals surface area contributed by atoms with Gasteiger partial charge in [0.1, 0.15) is 12.0 Å². The summed E-state index contributed by atoms with van der Waals surface area (Å²) in [6.07, 6.45) is 0. The van der Waals surface area contributed by atoms with Gasteiger partial charge in [-0.05, 0) is 13.8 Å². The monoisotopic (exact) mass is 228 g/mol. The van der Waals surface area contributed by atoms with E-state index in [-0.39, 0.29) is 0 Å². The molecule has 0 atom stereocenters. The van der Waals surface area contributed by atoms with E-state index in [0.29, 0.717) is 4.90 Å². The third-order valence-corrected chi connectivity index (χ3v) is 2.33. The van der Waals surface area contributed by atoms with Crippen LogP contribution in [0, 0.1) is 5.41 Å². The van der Waals surface area contributed by atoms with Gasteiger partial charge in [-0.2, -0.15) is 0 Å². The molecule has 7 heteroatoms. The molecular weight excluding hydrogens is 216 g/mol. The van der Waals surface area contributed by atoms with E-state index in [9.17, 15) is 19.2 Å². The van der Waals surface area contributed by atoms with Crippen LogP contribution in [-0.4, -0.2) is 42.4 Å². The molecule has 0 bridgehead atoms. The van der Waals surface area contributed by atoms with Crippen molar-refractivity contribution in [2.45, 2.75) is 13.8 Å². The van der Waals surface area contributed by atoms with Crippen LogP contribution in [-0.2, 0) is 19.1 Å². The maximum Gasteiger partial charge on any atom is 0.331 e. The summed E-state index contributed by atoms with van der Waals surface area (Å²) in [6, 6.07) is -0.903. The van der Waals surface area contributed by atoms with E-state index in [2.05, 4.69) is 4.74 Å². The van der Waals surface area contributed by atoms with Crippen LogP contribution in [0.2, 0.25) is 0 Å².